The smallest absolute Gasteiger partial charge is 0.223 e. The summed E-state index contributed by atoms with van der Waals surface area (Å²) in [4.78, 5) is 16.8. The van der Waals surface area contributed by atoms with E-state index in [1.807, 2.05) is 6.07 Å². The molecule has 2 N–H and O–H groups in total. The fourth-order valence-electron chi connectivity index (χ4n) is 3.32. The molecule has 23 heavy (non-hydrogen) atoms. The molecule has 1 saturated carbocycles. The Bertz CT molecular complexity index is 539. The molecular weight excluding hydrogens is 296 g/mol. The summed E-state index contributed by atoms with van der Waals surface area (Å²) in [5.41, 5.74) is 0.932. The van der Waals surface area contributed by atoms with E-state index in [4.69, 9.17) is 9.47 Å². The van der Waals surface area contributed by atoms with Gasteiger partial charge < -0.3 is 19.9 Å². The predicted molar refractivity (Wildman–Crippen MR) is 83.9 cm³/mol. The van der Waals surface area contributed by atoms with Gasteiger partial charge in [-0.15, -0.1) is 0 Å². The molecule has 0 bridgehead atoms. The van der Waals surface area contributed by atoms with E-state index in [1.165, 1.54) is 0 Å². The summed E-state index contributed by atoms with van der Waals surface area (Å²) in [5, 5.41) is 12.8. The summed E-state index contributed by atoms with van der Waals surface area (Å²) < 4.78 is 10.6. The maximum Gasteiger partial charge on any atom is 0.223 e. The van der Waals surface area contributed by atoms with Gasteiger partial charge in [-0.2, -0.15) is 0 Å². The number of ether oxygens (including phenoxy) is 2. The van der Waals surface area contributed by atoms with Crippen LogP contribution >= 0.6 is 0 Å². The Morgan fingerprint density at radius 2 is 2.13 bits per heavy atom. The molecule has 1 aliphatic carbocycles. The summed E-state index contributed by atoms with van der Waals surface area (Å²) in [6.07, 6.45) is 6.09. The van der Waals surface area contributed by atoms with Crippen molar-refractivity contribution in [2.75, 3.05) is 20.3 Å². The lowest BCUT2D eigenvalue weighted by molar-refractivity contribution is -0.129. The number of nitrogens with one attached hydrogen (secondary N) is 1. The van der Waals surface area contributed by atoms with Gasteiger partial charge in [0, 0.05) is 25.3 Å². The van der Waals surface area contributed by atoms with Crippen LogP contribution in [-0.4, -0.2) is 42.4 Å². The minimum absolute atomic E-state index is 0.00909. The van der Waals surface area contributed by atoms with Crippen molar-refractivity contribution < 1.29 is 19.4 Å². The van der Waals surface area contributed by atoms with Crippen LogP contribution in [0.3, 0.4) is 0 Å². The highest BCUT2D eigenvalue weighted by Crippen LogP contribution is 2.38. The zero-order valence-corrected chi connectivity index (χ0v) is 13.4. The highest BCUT2D eigenvalue weighted by molar-refractivity contribution is 5.79. The summed E-state index contributed by atoms with van der Waals surface area (Å²) in [5.74, 6) is 0.993. The molecule has 0 aromatic carbocycles. The van der Waals surface area contributed by atoms with Gasteiger partial charge in [-0.05, 0) is 43.2 Å². The maximum atomic E-state index is 12.6. The lowest BCUT2D eigenvalue weighted by atomic mass is 9.75. The third kappa shape index (κ3) is 3.82. The Kier molecular flexibility index (Phi) is 5.13. The highest BCUT2D eigenvalue weighted by atomic mass is 16.5. The molecule has 1 aliphatic heterocycles. The molecule has 2 aliphatic rings. The first-order valence-corrected chi connectivity index (χ1v) is 8.22. The molecule has 126 valence electrons. The van der Waals surface area contributed by atoms with Crippen molar-refractivity contribution in [2.45, 2.75) is 37.8 Å². The van der Waals surface area contributed by atoms with Gasteiger partial charge in [-0.3, -0.25) is 9.78 Å². The van der Waals surface area contributed by atoms with Crippen LogP contribution in [0.2, 0.25) is 0 Å². The summed E-state index contributed by atoms with van der Waals surface area (Å²) in [6.45, 7) is 1.29. The number of rotatable bonds is 5. The number of carbonyl (C=O) groups excluding carboxylic acids is 1. The molecule has 6 heteroatoms. The van der Waals surface area contributed by atoms with E-state index in [0.717, 1.165) is 18.4 Å². The molecule has 6 nitrogen and oxygen atoms in total. The molecule has 2 fully saturated rings. The van der Waals surface area contributed by atoms with Gasteiger partial charge in [0.1, 0.15) is 5.75 Å². The first-order valence-electron chi connectivity index (χ1n) is 8.22. The minimum Gasteiger partial charge on any atom is -0.495 e. The van der Waals surface area contributed by atoms with Crippen molar-refractivity contribution in [1.82, 2.24) is 10.3 Å². The Morgan fingerprint density at radius 3 is 2.78 bits per heavy atom. The zero-order chi connectivity index (χ0) is 16.2. The van der Waals surface area contributed by atoms with E-state index < -0.39 is 0 Å². The van der Waals surface area contributed by atoms with E-state index in [1.54, 1.807) is 19.5 Å². The van der Waals surface area contributed by atoms with Gasteiger partial charge in [0.25, 0.3) is 0 Å². The molecule has 2 heterocycles. The first kappa shape index (κ1) is 16.2. The zero-order valence-electron chi connectivity index (χ0n) is 13.4. The quantitative estimate of drug-likeness (QED) is 0.858. The van der Waals surface area contributed by atoms with Crippen LogP contribution in [0.15, 0.2) is 18.5 Å². The number of aliphatic hydroxyl groups excluding tert-OH is 1. The van der Waals surface area contributed by atoms with Gasteiger partial charge >= 0.3 is 0 Å². The number of amides is 1. The van der Waals surface area contributed by atoms with Gasteiger partial charge in [-0.1, -0.05) is 0 Å². The fourth-order valence-corrected chi connectivity index (χ4v) is 3.32. The lowest BCUT2D eigenvalue weighted by Crippen LogP contribution is -2.44. The Hall–Kier alpha value is -1.66. The SMILES string of the molecule is COc1cncc([C@@H](NC(=O)C2CCOCC2)C2CC(O)C2)c1. The molecule has 3 rings (SSSR count). The molecular formula is C17H24N2O4. The van der Waals surface area contributed by atoms with E-state index in [-0.39, 0.29) is 29.9 Å². The second-order valence-corrected chi connectivity index (χ2v) is 6.42. The van der Waals surface area contributed by atoms with Crippen LogP contribution in [0, 0.1) is 11.8 Å². The average Bonchev–Trinajstić information content (AvgIpc) is 2.58. The molecule has 0 unspecified atom stereocenters. The molecule has 1 amide bonds. The fraction of sp³-hybridized carbons (Fsp3) is 0.647. The average molecular weight is 320 g/mol. The Balaban J connectivity index is 1.73. The third-order valence-electron chi connectivity index (χ3n) is 4.84. The number of aromatic nitrogens is 1. The number of hydrogen-bond donors (Lipinski definition) is 2. The van der Waals surface area contributed by atoms with E-state index in [9.17, 15) is 9.90 Å². The standard InChI is InChI=1S/C17H24N2O4/c1-22-15-8-13(9-18-10-15)16(12-6-14(20)7-12)19-17(21)11-2-4-23-5-3-11/h8-12,14,16,20H,2-7H2,1H3,(H,19,21)/t12?,14?,16-/m0/s1. The molecule has 1 aromatic heterocycles. The van der Waals surface area contributed by atoms with Crippen molar-refractivity contribution in [3.8, 4) is 5.75 Å². The molecule has 1 aromatic rings. The number of carbonyl (C=O) groups is 1. The number of pyridine rings is 1. The second-order valence-electron chi connectivity index (χ2n) is 6.42. The topological polar surface area (TPSA) is 80.7 Å². The number of aliphatic hydroxyl groups is 1. The van der Waals surface area contributed by atoms with Gasteiger partial charge in [0.2, 0.25) is 5.91 Å². The van der Waals surface area contributed by atoms with Crippen molar-refractivity contribution in [3.63, 3.8) is 0 Å². The molecule has 1 atom stereocenters. The monoisotopic (exact) mass is 320 g/mol. The van der Waals surface area contributed by atoms with E-state index in [2.05, 4.69) is 10.3 Å². The molecule has 1 saturated heterocycles. The number of nitrogens with zero attached hydrogens (tertiary/aromatic N) is 1. The van der Waals surface area contributed by atoms with Crippen molar-refractivity contribution in [2.24, 2.45) is 11.8 Å². The summed E-state index contributed by atoms with van der Waals surface area (Å²) in [6, 6.07) is 1.78. The van der Waals surface area contributed by atoms with Crippen molar-refractivity contribution >= 4 is 5.91 Å². The maximum absolute atomic E-state index is 12.6. The Labute approximate surface area is 136 Å². The Morgan fingerprint density at radius 1 is 1.39 bits per heavy atom. The van der Waals surface area contributed by atoms with Crippen molar-refractivity contribution in [3.05, 3.63) is 24.0 Å². The van der Waals surface area contributed by atoms with E-state index >= 15 is 0 Å². The van der Waals surface area contributed by atoms with Crippen LogP contribution < -0.4 is 10.1 Å². The first-order chi connectivity index (χ1) is 11.2. The third-order valence-corrected chi connectivity index (χ3v) is 4.84. The van der Waals surface area contributed by atoms with Gasteiger partial charge in [-0.25, -0.2) is 0 Å². The minimum atomic E-state index is -0.263. The molecule has 0 radical (unpaired) electrons. The van der Waals surface area contributed by atoms with Crippen molar-refractivity contribution in [1.29, 1.82) is 0 Å². The van der Waals surface area contributed by atoms with Crippen LogP contribution in [-0.2, 0) is 9.53 Å². The number of methoxy groups -OCH3 is 1. The number of hydrogen-bond acceptors (Lipinski definition) is 5. The highest BCUT2D eigenvalue weighted by Gasteiger charge is 2.37. The molecule has 0 spiro atoms. The summed E-state index contributed by atoms with van der Waals surface area (Å²) in [7, 11) is 1.60. The van der Waals surface area contributed by atoms with Crippen LogP contribution in [0.25, 0.3) is 0 Å². The second kappa shape index (κ2) is 7.27. The van der Waals surface area contributed by atoms with Gasteiger partial charge in [0.15, 0.2) is 0 Å². The van der Waals surface area contributed by atoms with Crippen LogP contribution in [0.4, 0.5) is 0 Å². The predicted octanol–water partition coefficient (Wildman–Crippen LogP) is 1.44. The largest absolute Gasteiger partial charge is 0.495 e. The summed E-state index contributed by atoms with van der Waals surface area (Å²) >= 11 is 0. The van der Waals surface area contributed by atoms with E-state index in [0.29, 0.717) is 31.8 Å². The normalized spacial score (nSPS) is 26.2. The lowest BCUT2D eigenvalue weighted by Gasteiger charge is -2.39. The van der Waals surface area contributed by atoms with Crippen LogP contribution in [0.5, 0.6) is 5.75 Å². The van der Waals surface area contributed by atoms with Gasteiger partial charge in [0.05, 0.1) is 25.5 Å². The van der Waals surface area contributed by atoms with Crippen LogP contribution in [0.1, 0.15) is 37.3 Å².